The zero-order valence-electron chi connectivity index (χ0n) is 8.94. The van der Waals surface area contributed by atoms with Crippen molar-refractivity contribution < 1.29 is 9.59 Å². The molecule has 3 rings (SSSR count). The summed E-state index contributed by atoms with van der Waals surface area (Å²) in [6.07, 6.45) is -0.162. The van der Waals surface area contributed by atoms with Gasteiger partial charge in [-0.25, -0.2) is 0 Å². The van der Waals surface area contributed by atoms with Crippen molar-refractivity contribution in [1.82, 2.24) is 19.9 Å². The van der Waals surface area contributed by atoms with Gasteiger partial charge in [-0.3, -0.25) is 24.3 Å². The number of anilines is 1. The number of nitrogens with zero attached hydrogens (tertiary/aromatic N) is 2. The highest BCUT2D eigenvalue weighted by molar-refractivity contribution is 7.71. The van der Waals surface area contributed by atoms with E-state index in [0.29, 0.717) is 0 Å². The highest BCUT2D eigenvalue weighted by Crippen LogP contribution is 2.15. The minimum atomic E-state index is -0.450. The predicted octanol–water partition coefficient (Wildman–Crippen LogP) is -0.385. The number of hydrogen-bond donors (Lipinski definition) is 3. The lowest BCUT2D eigenvalue weighted by Crippen LogP contribution is -2.28. The summed E-state index contributed by atoms with van der Waals surface area (Å²) in [5, 5.41) is 0. The molecule has 0 unspecified atom stereocenters. The van der Waals surface area contributed by atoms with Crippen LogP contribution in [0.1, 0.15) is 6.42 Å². The Hall–Kier alpha value is -2.29. The average molecular weight is 265 g/mol. The van der Waals surface area contributed by atoms with Crippen LogP contribution in [0.15, 0.2) is 4.79 Å². The number of imidazole rings is 1. The van der Waals surface area contributed by atoms with Crippen LogP contribution in [0.2, 0.25) is 0 Å². The van der Waals surface area contributed by atoms with E-state index in [0.717, 1.165) is 4.90 Å². The molecule has 2 aromatic rings. The van der Waals surface area contributed by atoms with Crippen molar-refractivity contribution in [2.45, 2.75) is 6.42 Å². The zero-order valence-corrected chi connectivity index (χ0v) is 9.76. The van der Waals surface area contributed by atoms with Crippen LogP contribution in [-0.2, 0) is 9.59 Å². The summed E-state index contributed by atoms with van der Waals surface area (Å²) in [5.41, 5.74) is 0.0159. The molecule has 0 aliphatic carbocycles. The van der Waals surface area contributed by atoms with Crippen molar-refractivity contribution in [3.05, 3.63) is 15.1 Å². The Morgan fingerprint density at radius 2 is 1.94 bits per heavy atom. The van der Waals surface area contributed by atoms with E-state index in [2.05, 4.69) is 19.9 Å². The van der Waals surface area contributed by atoms with Gasteiger partial charge in [0.2, 0.25) is 11.9 Å². The monoisotopic (exact) mass is 265 g/mol. The molecule has 18 heavy (non-hydrogen) atoms. The first-order valence-electron chi connectivity index (χ1n) is 5.09. The molecule has 3 N–H and O–H groups in total. The van der Waals surface area contributed by atoms with E-state index in [1.165, 1.54) is 0 Å². The number of rotatable bonds is 1. The molecule has 8 nitrogen and oxygen atoms in total. The summed E-state index contributed by atoms with van der Waals surface area (Å²) in [6, 6.07) is 0. The van der Waals surface area contributed by atoms with Gasteiger partial charge >= 0.3 is 0 Å². The fourth-order valence-electron chi connectivity index (χ4n) is 1.83. The maximum atomic E-state index is 11.7. The maximum absolute atomic E-state index is 11.7. The number of Topliss-reactive ketones (excluding diaryl/α,β-unsaturated/α-hetero) is 1. The number of amides is 1. The highest BCUT2D eigenvalue weighted by Gasteiger charge is 2.30. The van der Waals surface area contributed by atoms with E-state index < -0.39 is 5.56 Å². The summed E-state index contributed by atoms with van der Waals surface area (Å²) in [4.78, 5) is 47.5. The minimum Gasteiger partial charge on any atom is -0.325 e. The third kappa shape index (κ3) is 1.56. The number of ketones is 1. The number of aromatic amines is 3. The van der Waals surface area contributed by atoms with E-state index in [1.807, 2.05) is 0 Å². The lowest BCUT2D eigenvalue weighted by atomic mass is 10.3. The van der Waals surface area contributed by atoms with Gasteiger partial charge in [-0.1, -0.05) is 0 Å². The van der Waals surface area contributed by atoms with Crippen molar-refractivity contribution in [2.24, 2.45) is 0 Å². The van der Waals surface area contributed by atoms with E-state index >= 15 is 0 Å². The lowest BCUT2D eigenvalue weighted by molar-refractivity contribution is -0.121. The van der Waals surface area contributed by atoms with Crippen LogP contribution < -0.4 is 10.5 Å². The molecule has 1 aliphatic rings. The molecule has 0 saturated carbocycles. The van der Waals surface area contributed by atoms with Gasteiger partial charge in [-0.2, -0.15) is 4.98 Å². The van der Waals surface area contributed by atoms with Gasteiger partial charge in [0.1, 0.15) is 5.52 Å². The Kier molecular flexibility index (Phi) is 2.17. The third-order valence-electron chi connectivity index (χ3n) is 2.62. The molecule has 3 heterocycles. The zero-order chi connectivity index (χ0) is 12.9. The predicted molar refractivity (Wildman–Crippen MR) is 63.9 cm³/mol. The fraction of sp³-hybridized carbons (Fsp3) is 0.222. The summed E-state index contributed by atoms with van der Waals surface area (Å²) in [5.74, 6) is -0.532. The first-order valence-corrected chi connectivity index (χ1v) is 5.50. The number of nitrogens with one attached hydrogen (secondary N) is 3. The SMILES string of the molecule is O=C1CC(=O)N(c2nc3[nH]c(=S)[nH]c3c(=O)[nH]2)C1. The normalized spacial score (nSPS) is 15.9. The van der Waals surface area contributed by atoms with Gasteiger partial charge in [0.05, 0.1) is 13.0 Å². The second-order valence-corrected chi connectivity index (χ2v) is 4.30. The van der Waals surface area contributed by atoms with Crippen LogP contribution in [-0.4, -0.2) is 38.2 Å². The van der Waals surface area contributed by atoms with Crippen molar-refractivity contribution in [2.75, 3.05) is 11.4 Å². The van der Waals surface area contributed by atoms with Crippen LogP contribution in [0, 0.1) is 4.77 Å². The quantitative estimate of drug-likeness (QED) is 0.480. The third-order valence-corrected chi connectivity index (χ3v) is 2.82. The van der Waals surface area contributed by atoms with Gasteiger partial charge in [0.15, 0.2) is 16.2 Å². The van der Waals surface area contributed by atoms with Crippen LogP contribution in [0.3, 0.4) is 0 Å². The van der Waals surface area contributed by atoms with Crippen molar-refractivity contribution in [3.63, 3.8) is 0 Å². The Bertz CT molecular complexity index is 785. The molecule has 0 aromatic carbocycles. The van der Waals surface area contributed by atoms with E-state index in [4.69, 9.17) is 12.2 Å². The van der Waals surface area contributed by atoms with Crippen LogP contribution >= 0.6 is 12.2 Å². The summed E-state index contributed by atoms with van der Waals surface area (Å²) in [6.45, 7) is -0.0710. The lowest BCUT2D eigenvalue weighted by Gasteiger charge is -2.11. The topological polar surface area (TPSA) is 115 Å². The Labute approximate surface area is 104 Å². The number of hydrogen-bond acceptors (Lipinski definition) is 5. The Morgan fingerprint density at radius 3 is 2.61 bits per heavy atom. The van der Waals surface area contributed by atoms with Crippen molar-refractivity contribution in [1.29, 1.82) is 0 Å². The Morgan fingerprint density at radius 1 is 1.17 bits per heavy atom. The number of fused-ring (bicyclic) bond motifs is 1. The number of carbonyl (C=O) groups excluding carboxylic acids is 2. The second kappa shape index (κ2) is 3.60. The van der Waals surface area contributed by atoms with E-state index in [9.17, 15) is 14.4 Å². The summed E-state index contributed by atoms with van der Waals surface area (Å²) in [7, 11) is 0. The molecule has 0 bridgehead atoms. The standard InChI is InChI=1S/C9H7N5O3S/c15-3-1-4(16)14(2-3)8-11-6-5(7(17)13-8)10-9(18)12-6/h1-2H2,(H3,10,11,12,13,17,18). The smallest absolute Gasteiger partial charge is 0.278 e. The van der Waals surface area contributed by atoms with Gasteiger partial charge < -0.3 is 9.97 Å². The maximum Gasteiger partial charge on any atom is 0.278 e. The van der Waals surface area contributed by atoms with Crippen LogP contribution in [0.5, 0.6) is 0 Å². The molecular weight excluding hydrogens is 258 g/mol. The van der Waals surface area contributed by atoms with Crippen LogP contribution in [0.4, 0.5) is 5.95 Å². The molecule has 1 saturated heterocycles. The molecule has 0 radical (unpaired) electrons. The van der Waals surface area contributed by atoms with Crippen LogP contribution in [0.25, 0.3) is 11.2 Å². The fourth-order valence-corrected chi connectivity index (χ4v) is 2.02. The Balaban J connectivity index is 2.19. The van der Waals surface area contributed by atoms with Gasteiger partial charge in [0.25, 0.3) is 5.56 Å². The van der Waals surface area contributed by atoms with E-state index in [1.54, 1.807) is 0 Å². The molecule has 2 aromatic heterocycles. The number of carbonyl (C=O) groups is 2. The first kappa shape index (κ1) is 10.8. The summed E-state index contributed by atoms with van der Waals surface area (Å²) < 4.78 is 0.268. The highest BCUT2D eigenvalue weighted by atomic mass is 32.1. The molecule has 92 valence electrons. The molecule has 1 amide bonds. The molecule has 9 heteroatoms. The molecule has 1 fully saturated rings. The van der Waals surface area contributed by atoms with Gasteiger partial charge in [-0.05, 0) is 12.2 Å². The molecule has 0 atom stereocenters. The summed E-state index contributed by atoms with van der Waals surface area (Å²) >= 11 is 4.85. The molecular formula is C9H7N5O3S. The number of aromatic nitrogens is 4. The second-order valence-electron chi connectivity index (χ2n) is 3.89. The molecule has 0 spiro atoms. The number of H-pyrrole nitrogens is 3. The van der Waals surface area contributed by atoms with Gasteiger partial charge in [0, 0.05) is 0 Å². The van der Waals surface area contributed by atoms with Crippen molar-refractivity contribution in [3.8, 4) is 0 Å². The van der Waals surface area contributed by atoms with Gasteiger partial charge in [-0.15, -0.1) is 0 Å². The minimum absolute atomic E-state index is 0.0496. The molecule has 1 aliphatic heterocycles. The average Bonchev–Trinajstić information content (AvgIpc) is 2.81. The first-order chi connectivity index (χ1) is 8.54. The largest absolute Gasteiger partial charge is 0.325 e. The van der Waals surface area contributed by atoms with Crippen molar-refractivity contribution >= 4 is 41.0 Å². The van der Waals surface area contributed by atoms with E-state index in [-0.39, 0.29) is 46.5 Å².